The van der Waals surface area contributed by atoms with Crippen molar-refractivity contribution in [1.29, 1.82) is 0 Å². The van der Waals surface area contributed by atoms with Gasteiger partial charge in [-0.25, -0.2) is 0 Å². The van der Waals surface area contributed by atoms with Crippen molar-refractivity contribution in [2.75, 3.05) is 0 Å². The molecule has 0 radical (unpaired) electrons. The summed E-state index contributed by atoms with van der Waals surface area (Å²) >= 11 is 5.74. The molecule has 0 amide bonds. The van der Waals surface area contributed by atoms with E-state index in [4.69, 9.17) is 16.3 Å². The molecule has 0 fully saturated rings. The third kappa shape index (κ3) is 3.20. The highest BCUT2D eigenvalue weighted by Gasteiger charge is 2.13. The third-order valence-corrected chi connectivity index (χ3v) is 2.71. The SMILES string of the molecule is CC(C)(C)c1ccc(Oc2cncc(Cl)n2)cc1. The fourth-order valence-corrected chi connectivity index (χ4v) is 1.66. The van der Waals surface area contributed by atoms with Crippen LogP contribution < -0.4 is 4.74 Å². The average Bonchev–Trinajstić information content (AvgIpc) is 2.28. The van der Waals surface area contributed by atoms with Gasteiger partial charge in [0, 0.05) is 0 Å². The van der Waals surface area contributed by atoms with Gasteiger partial charge in [-0.15, -0.1) is 0 Å². The monoisotopic (exact) mass is 262 g/mol. The lowest BCUT2D eigenvalue weighted by molar-refractivity contribution is 0.459. The number of aromatic nitrogens is 2. The third-order valence-electron chi connectivity index (χ3n) is 2.53. The number of hydrogen-bond donors (Lipinski definition) is 0. The summed E-state index contributed by atoms with van der Waals surface area (Å²) in [7, 11) is 0. The van der Waals surface area contributed by atoms with Gasteiger partial charge in [0.2, 0.25) is 5.88 Å². The Kier molecular flexibility index (Phi) is 3.53. The summed E-state index contributed by atoms with van der Waals surface area (Å²) in [6, 6.07) is 7.94. The van der Waals surface area contributed by atoms with Gasteiger partial charge in [-0.05, 0) is 23.1 Å². The Balaban J connectivity index is 2.16. The van der Waals surface area contributed by atoms with Gasteiger partial charge in [-0.2, -0.15) is 4.98 Å². The maximum Gasteiger partial charge on any atom is 0.239 e. The van der Waals surface area contributed by atoms with E-state index < -0.39 is 0 Å². The van der Waals surface area contributed by atoms with Crippen LogP contribution in [0.5, 0.6) is 11.6 Å². The fourth-order valence-electron chi connectivity index (χ4n) is 1.52. The standard InChI is InChI=1S/C14H15ClN2O/c1-14(2,3)10-4-6-11(7-5-10)18-13-9-16-8-12(15)17-13/h4-9H,1-3H3. The van der Waals surface area contributed by atoms with Crippen LogP contribution in [0.3, 0.4) is 0 Å². The van der Waals surface area contributed by atoms with Crippen molar-refractivity contribution < 1.29 is 4.74 Å². The molecule has 1 aromatic carbocycles. The van der Waals surface area contributed by atoms with Gasteiger partial charge < -0.3 is 4.74 Å². The van der Waals surface area contributed by atoms with Crippen LogP contribution in [-0.2, 0) is 5.41 Å². The number of halogens is 1. The molecule has 3 nitrogen and oxygen atoms in total. The first-order valence-electron chi connectivity index (χ1n) is 5.71. The zero-order valence-electron chi connectivity index (χ0n) is 10.6. The Bertz CT molecular complexity index is 532. The molecule has 2 rings (SSSR count). The highest BCUT2D eigenvalue weighted by molar-refractivity contribution is 6.29. The maximum atomic E-state index is 5.74. The van der Waals surface area contributed by atoms with Crippen LogP contribution >= 0.6 is 11.6 Å². The van der Waals surface area contributed by atoms with Crippen molar-refractivity contribution in [3.05, 3.63) is 47.4 Å². The Morgan fingerprint density at radius 3 is 2.28 bits per heavy atom. The summed E-state index contributed by atoms with van der Waals surface area (Å²) in [6.45, 7) is 6.52. The number of benzene rings is 1. The summed E-state index contributed by atoms with van der Waals surface area (Å²) in [6.07, 6.45) is 3.00. The summed E-state index contributed by atoms with van der Waals surface area (Å²) in [5.74, 6) is 1.12. The predicted molar refractivity (Wildman–Crippen MR) is 72.3 cm³/mol. The van der Waals surface area contributed by atoms with Crippen molar-refractivity contribution in [1.82, 2.24) is 9.97 Å². The molecule has 0 aliphatic heterocycles. The predicted octanol–water partition coefficient (Wildman–Crippen LogP) is 4.22. The maximum absolute atomic E-state index is 5.74. The molecule has 0 aliphatic rings. The normalized spacial score (nSPS) is 11.3. The van der Waals surface area contributed by atoms with Gasteiger partial charge in [-0.1, -0.05) is 44.5 Å². The first-order chi connectivity index (χ1) is 8.45. The molecule has 0 saturated heterocycles. The molecule has 0 N–H and O–H groups in total. The molecule has 1 aromatic heterocycles. The summed E-state index contributed by atoms with van der Waals surface area (Å²) in [4.78, 5) is 7.94. The molecule has 0 spiro atoms. The first-order valence-corrected chi connectivity index (χ1v) is 6.09. The van der Waals surface area contributed by atoms with Gasteiger partial charge in [0.25, 0.3) is 0 Å². The molecule has 0 aliphatic carbocycles. The van der Waals surface area contributed by atoms with Crippen LogP contribution in [0, 0.1) is 0 Å². The Morgan fingerprint density at radius 1 is 1.06 bits per heavy atom. The molecular weight excluding hydrogens is 248 g/mol. The minimum Gasteiger partial charge on any atom is -0.437 e. The summed E-state index contributed by atoms with van der Waals surface area (Å²) in [5, 5.41) is 0.318. The quantitative estimate of drug-likeness (QED) is 0.813. The topological polar surface area (TPSA) is 35.0 Å². The Morgan fingerprint density at radius 2 is 1.72 bits per heavy atom. The molecule has 0 bridgehead atoms. The lowest BCUT2D eigenvalue weighted by Crippen LogP contribution is -2.10. The minimum absolute atomic E-state index is 0.133. The summed E-state index contributed by atoms with van der Waals surface area (Å²) in [5.41, 5.74) is 1.39. The molecule has 0 atom stereocenters. The van der Waals surface area contributed by atoms with E-state index in [1.165, 1.54) is 18.0 Å². The second-order valence-corrected chi connectivity index (χ2v) is 5.44. The smallest absolute Gasteiger partial charge is 0.239 e. The number of rotatable bonds is 2. The lowest BCUT2D eigenvalue weighted by atomic mass is 9.87. The Hall–Kier alpha value is -1.61. The average molecular weight is 263 g/mol. The van der Waals surface area contributed by atoms with Crippen LogP contribution in [-0.4, -0.2) is 9.97 Å². The van der Waals surface area contributed by atoms with E-state index in [0.717, 1.165) is 5.75 Å². The van der Waals surface area contributed by atoms with Crippen LogP contribution in [0.25, 0.3) is 0 Å². The molecule has 0 saturated carbocycles. The van der Waals surface area contributed by atoms with Gasteiger partial charge in [0.05, 0.1) is 12.4 Å². The van der Waals surface area contributed by atoms with Gasteiger partial charge >= 0.3 is 0 Å². The van der Waals surface area contributed by atoms with Crippen LogP contribution in [0.1, 0.15) is 26.3 Å². The second kappa shape index (κ2) is 4.94. The fraction of sp³-hybridized carbons (Fsp3) is 0.286. The lowest BCUT2D eigenvalue weighted by Gasteiger charge is -2.19. The number of ether oxygens (including phenoxy) is 1. The molecule has 1 heterocycles. The Labute approximate surface area is 112 Å². The number of nitrogens with zero attached hydrogens (tertiary/aromatic N) is 2. The van der Waals surface area contributed by atoms with Crippen LogP contribution in [0.4, 0.5) is 0 Å². The van der Waals surface area contributed by atoms with E-state index in [2.05, 4.69) is 30.7 Å². The van der Waals surface area contributed by atoms with Crippen molar-refractivity contribution in [3.63, 3.8) is 0 Å². The minimum atomic E-state index is 0.133. The highest BCUT2D eigenvalue weighted by Crippen LogP contribution is 2.26. The van der Waals surface area contributed by atoms with Crippen molar-refractivity contribution in [2.45, 2.75) is 26.2 Å². The number of hydrogen-bond acceptors (Lipinski definition) is 3. The molecule has 18 heavy (non-hydrogen) atoms. The molecular formula is C14H15ClN2O. The van der Waals surface area contributed by atoms with E-state index in [1.807, 2.05) is 24.3 Å². The van der Waals surface area contributed by atoms with Crippen molar-refractivity contribution >= 4 is 11.6 Å². The summed E-state index contributed by atoms with van der Waals surface area (Å²) < 4.78 is 5.57. The molecule has 4 heteroatoms. The molecule has 0 unspecified atom stereocenters. The van der Waals surface area contributed by atoms with Gasteiger partial charge in [-0.3, -0.25) is 4.98 Å². The van der Waals surface area contributed by atoms with E-state index >= 15 is 0 Å². The largest absolute Gasteiger partial charge is 0.437 e. The zero-order valence-corrected chi connectivity index (χ0v) is 11.4. The van der Waals surface area contributed by atoms with Crippen molar-refractivity contribution in [3.8, 4) is 11.6 Å². The van der Waals surface area contributed by atoms with Crippen LogP contribution in [0.2, 0.25) is 5.15 Å². The van der Waals surface area contributed by atoms with E-state index in [-0.39, 0.29) is 5.41 Å². The molecule has 2 aromatic rings. The zero-order chi connectivity index (χ0) is 13.2. The van der Waals surface area contributed by atoms with Crippen molar-refractivity contribution in [2.24, 2.45) is 0 Å². The van der Waals surface area contributed by atoms with Gasteiger partial charge in [0.1, 0.15) is 5.75 Å². The van der Waals surface area contributed by atoms with Gasteiger partial charge in [0.15, 0.2) is 5.15 Å². The van der Waals surface area contributed by atoms with Crippen LogP contribution in [0.15, 0.2) is 36.7 Å². The second-order valence-electron chi connectivity index (χ2n) is 5.06. The van der Waals surface area contributed by atoms with E-state index in [1.54, 1.807) is 0 Å². The molecule has 94 valence electrons. The first kappa shape index (κ1) is 12.8. The van der Waals surface area contributed by atoms with E-state index in [0.29, 0.717) is 11.0 Å². The highest BCUT2D eigenvalue weighted by atomic mass is 35.5. The van der Waals surface area contributed by atoms with E-state index in [9.17, 15) is 0 Å².